The number of benzene rings is 2. The fraction of sp³-hybridized carbons (Fsp3) is 0.444. The Morgan fingerprint density at radius 1 is 1.09 bits per heavy atom. The number of likely N-dealkylation sites (tertiary alicyclic amines) is 1. The van der Waals surface area contributed by atoms with Crippen molar-refractivity contribution < 1.29 is 29.0 Å². The molecule has 184 valence electrons. The molecule has 1 aliphatic carbocycles. The second-order valence-electron chi connectivity index (χ2n) is 10.0. The second kappa shape index (κ2) is 9.34. The maximum Gasteiger partial charge on any atom is 0.407 e. The third kappa shape index (κ3) is 4.50. The van der Waals surface area contributed by atoms with E-state index >= 15 is 0 Å². The number of ether oxygens (including phenoxy) is 2. The third-order valence-corrected chi connectivity index (χ3v) is 7.51. The molecule has 0 bridgehead atoms. The monoisotopic (exact) mass is 478 g/mol. The Kier molecular flexibility index (Phi) is 6.23. The molecule has 2 aliphatic heterocycles. The summed E-state index contributed by atoms with van der Waals surface area (Å²) in [6, 6.07) is 16.1. The van der Waals surface area contributed by atoms with Gasteiger partial charge in [-0.05, 0) is 35.6 Å². The van der Waals surface area contributed by atoms with Crippen molar-refractivity contribution in [2.45, 2.75) is 31.7 Å². The Balaban J connectivity index is 1.17. The van der Waals surface area contributed by atoms with Crippen molar-refractivity contribution in [2.24, 2.45) is 11.3 Å². The quantitative estimate of drug-likeness (QED) is 0.660. The minimum Gasteiger partial charge on any atom is -0.481 e. The van der Waals surface area contributed by atoms with Crippen LogP contribution in [0.15, 0.2) is 48.5 Å². The van der Waals surface area contributed by atoms with E-state index in [1.54, 1.807) is 11.8 Å². The highest BCUT2D eigenvalue weighted by molar-refractivity contribution is 5.83. The van der Waals surface area contributed by atoms with E-state index in [2.05, 4.69) is 29.6 Å². The van der Waals surface area contributed by atoms with Crippen LogP contribution in [0, 0.1) is 11.3 Å². The molecule has 0 saturated carbocycles. The summed E-state index contributed by atoms with van der Waals surface area (Å²) in [5, 5.41) is 12.2. The summed E-state index contributed by atoms with van der Waals surface area (Å²) in [5.41, 5.74) is 3.77. The highest BCUT2D eigenvalue weighted by Gasteiger charge is 2.47. The van der Waals surface area contributed by atoms with Crippen LogP contribution >= 0.6 is 0 Å². The molecule has 2 aromatic carbocycles. The molecule has 2 amide bonds. The van der Waals surface area contributed by atoms with Crippen LogP contribution in [0.5, 0.6) is 0 Å². The first-order chi connectivity index (χ1) is 16.9. The normalized spacial score (nSPS) is 22.5. The van der Waals surface area contributed by atoms with Crippen LogP contribution in [0.25, 0.3) is 11.1 Å². The summed E-state index contributed by atoms with van der Waals surface area (Å²) in [4.78, 5) is 38.3. The van der Waals surface area contributed by atoms with E-state index in [9.17, 15) is 19.5 Å². The molecule has 2 N–H and O–H groups in total. The van der Waals surface area contributed by atoms with Crippen molar-refractivity contribution >= 4 is 18.0 Å². The number of nitrogens with zero attached hydrogens (tertiary/aromatic N) is 1. The van der Waals surface area contributed by atoms with Gasteiger partial charge in [-0.2, -0.15) is 0 Å². The van der Waals surface area contributed by atoms with Crippen LogP contribution in [-0.2, 0) is 19.1 Å². The molecule has 0 aromatic heterocycles. The molecule has 8 nitrogen and oxygen atoms in total. The topological polar surface area (TPSA) is 105 Å². The maximum atomic E-state index is 12.7. The molecule has 0 spiro atoms. The minimum absolute atomic E-state index is 0.0184. The fourth-order valence-corrected chi connectivity index (χ4v) is 5.44. The predicted octanol–water partition coefficient (Wildman–Crippen LogP) is 3.25. The molecule has 2 heterocycles. The van der Waals surface area contributed by atoms with Crippen molar-refractivity contribution in [3.63, 3.8) is 0 Å². The van der Waals surface area contributed by atoms with Crippen LogP contribution in [0.4, 0.5) is 4.79 Å². The number of carbonyl (C=O) groups excluding carboxylic acids is 2. The summed E-state index contributed by atoms with van der Waals surface area (Å²) < 4.78 is 11.2. The zero-order valence-corrected chi connectivity index (χ0v) is 19.7. The third-order valence-electron chi connectivity index (χ3n) is 7.51. The number of carboxylic acid groups (broad SMARTS) is 1. The molecule has 2 aromatic rings. The zero-order valence-electron chi connectivity index (χ0n) is 19.7. The van der Waals surface area contributed by atoms with Gasteiger partial charge < -0.3 is 24.8 Å². The van der Waals surface area contributed by atoms with Gasteiger partial charge in [-0.1, -0.05) is 48.5 Å². The Morgan fingerprint density at radius 2 is 1.71 bits per heavy atom. The number of nitrogens with one attached hydrogen (secondary N) is 1. The summed E-state index contributed by atoms with van der Waals surface area (Å²) in [7, 11) is 0. The van der Waals surface area contributed by atoms with Gasteiger partial charge in [0.2, 0.25) is 5.91 Å². The van der Waals surface area contributed by atoms with Crippen LogP contribution in [0.3, 0.4) is 0 Å². The van der Waals surface area contributed by atoms with Gasteiger partial charge in [-0.25, -0.2) is 4.79 Å². The second-order valence-corrected chi connectivity index (χ2v) is 10.0. The lowest BCUT2D eigenvalue weighted by molar-refractivity contribution is -0.164. The number of carboxylic acids is 1. The highest BCUT2D eigenvalue weighted by atomic mass is 16.5. The molecule has 2 atom stereocenters. The fourth-order valence-electron chi connectivity index (χ4n) is 5.44. The van der Waals surface area contributed by atoms with E-state index in [1.807, 2.05) is 24.3 Å². The molecule has 2 unspecified atom stereocenters. The molecule has 35 heavy (non-hydrogen) atoms. The minimum atomic E-state index is -0.891. The van der Waals surface area contributed by atoms with E-state index in [4.69, 9.17) is 9.47 Å². The molecule has 3 aliphatic rings. The maximum absolute atomic E-state index is 12.7. The summed E-state index contributed by atoms with van der Waals surface area (Å²) in [6.07, 6.45) is 0.289. The van der Waals surface area contributed by atoms with Crippen molar-refractivity contribution in [1.29, 1.82) is 0 Å². The number of amides is 2. The zero-order chi connectivity index (χ0) is 24.6. The molecule has 8 heteroatoms. The summed E-state index contributed by atoms with van der Waals surface area (Å²) in [6.45, 7) is 3.15. The standard InChI is InChI=1S/C27H30N2O6/c1-27(25(31)32)15-29(16-27)24(30)12-17-13-34-11-10-23(17)28-26(33)35-14-22-20-8-4-2-6-18(20)19-7-3-5-9-21(19)22/h2-9,17,22-23H,10-16H2,1H3,(H,28,33)(H,31,32). The van der Waals surface area contributed by atoms with E-state index < -0.39 is 17.5 Å². The van der Waals surface area contributed by atoms with Crippen LogP contribution < -0.4 is 5.32 Å². The van der Waals surface area contributed by atoms with Crippen molar-refractivity contribution in [1.82, 2.24) is 10.2 Å². The smallest absolute Gasteiger partial charge is 0.407 e. The van der Waals surface area contributed by atoms with Crippen molar-refractivity contribution in [3.8, 4) is 11.1 Å². The molecule has 0 radical (unpaired) electrons. The number of hydrogen-bond donors (Lipinski definition) is 2. The number of rotatable bonds is 6. The van der Waals surface area contributed by atoms with Crippen LogP contribution in [0.1, 0.15) is 36.8 Å². The highest BCUT2D eigenvalue weighted by Crippen LogP contribution is 2.44. The first-order valence-corrected chi connectivity index (χ1v) is 12.1. The molecule has 5 rings (SSSR count). The van der Waals surface area contributed by atoms with Gasteiger partial charge in [0.05, 0.1) is 12.0 Å². The Morgan fingerprint density at radius 3 is 2.34 bits per heavy atom. The predicted molar refractivity (Wildman–Crippen MR) is 128 cm³/mol. The van der Waals surface area contributed by atoms with Gasteiger partial charge in [0.15, 0.2) is 0 Å². The van der Waals surface area contributed by atoms with Crippen molar-refractivity contribution in [3.05, 3.63) is 59.7 Å². The summed E-state index contributed by atoms with van der Waals surface area (Å²) >= 11 is 0. The van der Waals surface area contributed by atoms with E-state index in [0.717, 1.165) is 11.1 Å². The molecular formula is C27H30N2O6. The van der Waals surface area contributed by atoms with Gasteiger partial charge in [0, 0.05) is 44.0 Å². The van der Waals surface area contributed by atoms with E-state index in [1.165, 1.54) is 11.1 Å². The Hall–Kier alpha value is -3.39. The first kappa shape index (κ1) is 23.4. The average molecular weight is 479 g/mol. The van der Waals surface area contributed by atoms with Gasteiger partial charge >= 0.3 is 12.1 Å². The largest absolute Gasteiger partial charge is 0.481 e. The number of alkyl carbamates (subject to hydrolysis) is 1. The Bertz CT molecular complexity index is 1100. The molecule has 2 fully saturated rings. The summed E-state index contributed by atoms with van der Waals surface area (Å²) in [5.74, 6) is -1.21. The molecular weight excluding hydrogens is 448 g/mol. The van der Waals surface area contributed by atoms with E-state index in [-0.39, 0.29) is 49.9 Å². The number of carbonyl (C=O) groups is 3. The van der Waals surface area contributed by atoms with Crippen molar-refractivity contribution in [2.75, 3.05) is 32.9 Å². The lowest BCUT2D eigenvalue weighted by Crippen LogP contribution is -2.61. The SMILES string of the molecule is CC1(C(=O)O)CN(C(=O)CC2COCCC2NC(=O)OCC2c3ccccc3-c3ccccc32)C1. The van der Waals surface area contributed by atoms with Gasteiger partial charge in [-0.3, -0.25) is 9.59 Å². The average Bonchev–Trinajstić information content (AvgIpc) is 3.15. The van der Waals surface area contributed by atoms with Gasteiger partial charge in [-0.15, -0.1) is 0 Å². The van der Waals surface area contributed by atoms with Gasteiger partial charge in [0.1, 0.15) is 6.61 Å². The Labute approximate surface area is 204 Å². The van der Waals surface area contributed by atoms with Crippen LogP contribution in [-0.4, -0.2) is 66.9 Å². The molecule has 2 saturated heterocycles. The van der Waals surface area contributed by atoms with Gasteiger partial charge in [0.25, 0.3) is 0 Å². The van der Waals surface area contributed by atoms with Crippen LogP contribution in [0.2, 0.25) is 0 Å². The van der Waals surface area contributed by atoms with E-state index in [0.29, 0.717) is 19.6 Å². The number of hydrogen-bond acceptors (Lipinski definition) is 5. The number of fused-ring (bicyclic) bond motifs is 3. The lowest BCUT2D eigenvalue weighted by atomic mass is 9.81. The lowest BCUT2D eigenvalue weighted by Gasteiger charge is -2.45. The number of aliphatic carboxylic acids is 1. The first-order valence-electron chi connectivity index (χ1n) is 12.1.